The summed E-state index contributed by atoms with van der Waals surface area (Å²) in [7, 11) is 4.14. The van der Waals surface area contributed by atoms with Crippen LogP contribution in [0.2, 0.25) is 0 Å². The molecule has 2 saturated heterocycles. The molecule has 1 unspecified atom stereocenters. The van der Waals surface area contributed by atoms with E-state index in [2.05, 4.69) is 56.2 Å². The summed E-state index contributed by atoms with van der Waals surface area (Å²) in [6.07, 6.45) is 2.79. The van der Waals surface area contributed by atoms with Crippen molar-refractivity contribution in [2.45, 2.75) is 63.6 Å². The van der Waals surface area contributed by atoms with Crippen LogP contribution in [0.3, 0.4) is 0 Å². The molecule has 1 N–H and O–H groups in total. The lowest BCUT2D eigenvalue weighted by Crippen LogP contribution is -2.52. The van der Waals surface area contributed by atoms with Gasteiger partial charge in [0.05, 0.1) is 0 Å². The van der Waals surface area contributed by atoms with E-state index in [1.54, 1.807) is 4.90 Å². The molecule has 3 aliphatic heterocycles. The fourth-order valence-corrected chi connectivity index (χ4v) is 7.59. The number of halogens is 2. The van der Waals surface area contributed by atoms with Crippen LogP contribution in [0, 0.1) is 6.92 Å². The Balaban J connectivity index is 1.23. The van der Waals surface area contributed by atoms with Crippen LogP contribution in [0.5, 0.6) is 0 Å². The number of piperidine rings is 2. The smallest absolute Gasteiger partial charge is 0.410 e. The number of ether oxygens (including phenoxy) is 1. The number of nitrogens with one attached hydrogen (secondary N) is 1. The van der Waals surface area contributed by atoms with E-state index >= 15 is 0 Å². The monoisotopic (exact) mass is 717 g/mol. The molecule has 43 heavy (non-hydrogen) atoms. The number of urea groups is 1. The lowest BCUT2D eigenvalue weighted by Gasteiger charge is -2.39. The van der Waals surface area contributed by atoms with Crippen molar-refractivity contribution in [3.05, 3.63) is 62.0 Å². The fraction of sp³-hybridized carbons (Fsp3) is 0.531. The summed E-state index contributed by atoms with van der Waals surface area (Å²) in [4.78, 5) is 47.9. The van der Waals surface area contributed by atoms with Gasteiger partial charge in [0.15, 0.2) is 6.10 Å². The minimum Gasteiger partial charge on any atom is -0.436 e. The summed E-state index contributed by atoms with van der Waals surface area (Å²) in [6, 6.07) is 12.3. The Morgan fingerprint density at radius 1 is 0.977 bits per heavy atom. The van der Waals surface area contributed by atoms with Crippen LogP contribution in [0.1, 0.15) is 42.4 Å². The number of likely N-dealkylation sites (tertiary alicyclic amines) is 2. The topological polar surface area (TPSA) is 85.4 Å². The first kappa shape index (κ1) is 31.8. The number of fused-ring (bicyclic) bond motifs is 1. The van der Waals surface area contributed by atoms with Gasteiger partial charge in [-0.15, -0.1) is 0 Å². The van der Waals surface area contributed by atoms with Gasteiger partial charge in [0.1, 0.15) is 0 Å². The predicted molar refractivity (Wildman–Crippen MR) is 174 cm³/mol. The largest absolute Gasteiger partial charge is 0.436 e. The standard InChI is InChI=1S/C32H41Br2N5O4/c1-21-26(33)18-22(19-27(21)34)20-29(30(40)37-13-9-24(10-14-37)36(2)3)43-32(42)38-15-11-25(12-16-38)39-17-8-23-6-4-5-7-28(23)35-31(39)41/h4-7,18-19,24-25,29H,8-17,20H2,1-3H3,(H,35,41). The molecule has 0 radical (unpaired) electrons. The zero-order valence-corrected chi connectivity index (χ0v) is 28.3. The molecule has 0 saturated carbocycles. The summed E-state index contributed by atoms with van der Waals surface area (Å²) < 4.78 is 7.89. The Bertz CT molecular complexity index is 1320. The van der Waals surface area contributed by atoms with Crippen molar-refractivity contribution in [3.63, 3.8) is 0 Å². The number of hydrogen-bond donors (Lipinski definition) is 1. The number of anilines is 1. The van der Waals surface area contributed by atoms with Gasteiger partial charge < -0.3 is 29.7 Å². The average molecular weight is 720 g/mol. The van der Waals surface area contributed by atoms with Gasteiger partial charge in [-0.2, -0.15) is 0 Å². The molecule has 2 aromatic carbocycles. The lowest BCUT2D eigenvalue weighted by molar-refractivity contribution is -0.142. The molecule has 4 amide bonds. The molecular weight excluding hydrogens is 678 g/mol. The Labute approximate surface area is 271 Å². The average Bonchev–Trinajstić information content (AvgIpc) is 3.17. The highest BCUT2D eigenvalue weighted by Crippen LogP contribution is 2.29. The molecule has 0 spiro atoms. The number of nitrogens with zero attached hydrogens (tertiary/aromatic N) is 4. The summed E-state index contributed by atoms with van der Waals surface area (Å²) in [5, 5.41) is 3.05. The molecule has 9 nitrogen and oxygen atoms in total. The van der Waals surface area contributed by atoms with Crippen molar-refractivity contribution in [2.75, 3.05) is 52.1 Å². The van der Waals surface area contributed by atoms with E-state index < -0.39 is 12.2 Å². The highest BCUT2D eigenvalue weighted by atomic mass is 79.9. The molecule has 2 fully saturated rings. The molecule has 232 valence electrons. The molecule has 2 aromatic rings. The highest BCUT2D eigenvalue weighted by Gasteiger charge is 2.35. The molecule has 3 heterocycles. The Morgan fingerprint density at radius 3 is 2.26 bits per heavy atom. The maximum atomic E-state index is 13.8. The number of carbonyl (C=O) groups is 3. The van der Waals surface area contributed by atoms with E-state index in [-0.39, 0.29) is 18.0 Å². The second kappa shape index (κ2) is 14.0. The van der Waals surface area contributed by atoms with E-state index in [4.69, 9.17) is 4.74 Å². The van der Waals surface area contributed by atoms with E-state index in [0.29, 0.717) is 58.0 Å². The number of benzene rings is 2. The third-order valence-corrected chi connectivity index (χ3v) is 10.7. The number of carbonyl (C=O) groups excluding carboxylic acids is 3. The molecule has 5 rings (SSSR count). The Hall–Kier alpha value is -2.63. The summed E-state index contributed by atoms with van der Waals surface area (Å²) in [5.74, 6) is -0.144. The molecule has 1 atom stereocenters. The quantitative estimate of drug-likeness (QED) is 0.416. The third kappa shape index (κ3) is 7.54. The second-order valence-corrected chi connectivity index (χ2v) is 13.7. The van der Waals surface area contributed by atoms with Crippen LogP contribution >= 0.6 is 31.9 Å². The molecule has 0 aromatic heterocycles. The molecule has 0 bridgehead atoms. The van der Waals surface area contributed by atoms with Gasteiger partial charge >= 0.3 is 12.1 Å². The lowest BCUT2D eigenvalue weighted by atomic mass is 10.0. The van der Waals surface area contributed by atoms with E-state index in [9.17, 15) is 14.4 Å². The van der Waals surface area contributed by atoms with Crippen molar-refractivity contribution in [1.29, 1.82) is 0 Å². The van der Waals surface area contributed by atoms with Gasteiger partial charge in [-0.05, 0) is 88.0 Å². The zero-order chi connectivity index (χ0) is 30.7. The van der Waals surface area contributed by atoms with Crippen LogP contribution in [-0.2, 0) is 22.4 Å². The van der Waals surface area contributed by atoms with Gasteiger partial charge in [-0.25, -0.2) is 9.59 Å². The van der Waals surface area contributed by atoms with Crippen LogP contribution in [-0.4, -0.2) is 103 Å². The first-order valence-electron chi connectivity index (χ1n) is 15.1. The van der Waals surface area contributed by atoms with Gasteiger partial charge in [0.25, 0.3) is 5.91 Å². The Kier molecular flexibility index (Phi) is 10.3. The van der Waals surface area contributed by atoms with Crippen LogP contribution in [0.25, 0.3) is 0 Å². The van der Waals surface area contributed by atoms with Gasteiger partial charge in [0.2, 0.25) is 0 Å². The van der Waals surface area contributed by atoms with Gasteiger partial charge in [-0.3, -0.25) is 4.79 Å². The summed E-state index contributed by atoms with van der Waals surface area (Å²) in [5.41, 5.74) is 3.98. The predicted octanol–water partition coefficient (Wildman–Crippen LogP) is 5.67. The van der Waals surface area contributed by atoms with E-state index in [0.717, 1.165) is 50.6 Å². The van der Waals surface area contributed by atoms with E-state index in [1.165, 1.54) is 0 Å². The van der Waals surface area contributed by atoms with Crippen molar-refractivity contribution < 1.29 is 19.1 Å². The van der Waals surface area contributed by atoms with Crippen molar-refractivity contribution in [1.82, 2.24) is 19.6 Å². The maximum Gasteiger partial charge on any atom is 0.410 e. The number of para-hydroxylation sites is 1. The first-order valence-corrected chi connectivity index (χ1v) is 16.7. The fourth-order valence-electron chi connectivity index (χ4n) is 6.31. The normalized spacial score (nSPS) is 19.1. The molecular formula is C32H41Br2N5O4. The molecule has 3 aliphatic rings. The number of amides is 4. The van der Waals surface area contributed by atoms with Crippen molar-refractivity contribution in [2.24, 2.45) is 0 Å². The van der Waals surface area contributed by atoms with Crippen molar-refractivity contribution >= 4 is 55.6 Å². The molecule has 0 aliphatic carbocycles. The van der Waals surface area contributed by atoms with Crippen LogP contribution < -0.4 is 5.32 Å². The first-order chi connectivity index (χ1) is 20.6. The van der Waals surface area contributed by atoms with E-state index in [1.807, 2.05) is 53.1 Å². The highest BCUT2D eigenvalue weighted by molar-refractivity contribution is 9.11. The third-order valence-electron chi connectivity index (χ3n) is 9.09. The minimum absolute atomic E-state index is 0.0380. The molecule has 11 heteroatoms. The SMILES string of the molecule is Cc1c(Br)cc(CC(OC(=O)N2CCC(N3CCc4ccccc4NC3=O)CC2)C(=O)N2CCC(N(C)C)CC2)cc1Br. The van der Waals surface area contributed by atoms with Crippen LogP contribution in [0.15, 0.2) is 45.3 Å². The van der Waals surface area contributed by atoms with Gasteiger partial charge in [-0.1, -0.05) is 50.1 Å². The summed E-state index contributed by atoms with van der Waals surface area (Å²) in [6.45, 7) is 4.87. The minimum atomic E-state index is -0.919. The maximum absolute atomic E-state index is 13.8. The number of hydrogen-bond acceptors (Lipinski definition) is 5. The zero-order valence-electron chi connectivity index (χ0n) is 25.2. The summed E-state index contributed by atoms with van der Waals surface area (Å²) >= 11 is 7.22. The van der Waals surface area contributed by atoms with Gasteiger partial charge in [0, 0.05) is 65.9 Å². The second-order valence-electron chi connectivity index (χ2n) is 12.0. The van der Waals surface area contributed by atoms with Crippen molar-refractivity contribution in [3.8, 4) is 0 Å². The van der Waals surface area contributed by atoms with Crippen LogP contribution in [0.4, 0.5) is 15.3 Å². The number of rotatable bonds is 6. The Morgan fingerprint density at radius 2 is 1.60 bits per heavy atom.